The van der Waals surface area contributed by atoms with E-state index in [9.17, 15) is 9.59 Å². The maximum Gasteiger partial charge on any atom is 0.242 e. The molecule has 2 amide bonds. The molecule has 0 aliphatic carbocycles. The fraction of sp³-hybridized carbons (Fsp3) is 0.440. The van der Waals surface area contributed by atoms with E-state index in [0.29, 0.717) is 31.2 Å². The summed E-state index contributed by atoms with van der Waals surface area (Å²) in [7, 11) is 1.63. The lowest BCUT2D eigenvalue weighted by Crippen LogP contribution is -2.50. The number of nitrogens with zero attached hydrogens (tertiary/aromatic N) is 1. The standard InChI is InChI=1S/C25H34N2O3S/c1-5-23(25(29)26-15-19(2)3)27(16-20-11-13-22(30-4)14-12-20)24(28)18-31-17-21-9-7-6-8-10-21/h6-14,19,23H,5,15-18H2,1-4H3,(H,26,29)/t23-/m0/s1. The van der Waals surface area contributed by atoms with Gasteiger partial charge < -0.3 is 15.0 Å². The molecule has 0 heterocycles. The Morgan fingerprint density at radius 3 is 2.29 bits per heavy atom. The van der Waals surface area contributed by atoms with Crippen LogP contribution in [-0.4, -0.2) is 42.2 Å². The number of amides is 2. The second kappa shape index (κ2) is 13.1. The molecule has 0 spiro atoms. The molecule has 0 saturated heterocycles. The van der Waals surface area contributed by atoms with Gasteiger partial charge in [0, 0.05) is 18.8 Å². The third-order valence-electron chi connectivity index (χ3n) is 4.92. The monoisotopic (exact) mass is 442 g/mol. The molecule has 1 N–H and O–H groups in total. The van der Waals surface area contributed by atoms with Crippen molar-refractivity contribution in [3.8, 4) is 5.75 Å². The minimum absolute atomic E-state index is 0.0247. The predicted octanol–water partition coefficient (Wildman–Crippen LogP) is 4.51. The van der Waals surface area contributed by atoms with Crippen LogP contribution in [0.3, 0.4) is 0 Å². The number of nitrogens with one attached hydrogen (secondary N) is 1. The number of methoxy groups -OCH3 is 1. The Bertz CT molecular complexity index is 809. The van der Waals surface area contributed by atoms with Crippen molar-refractivity contribution in [2.75, 3.05) is 19.4 Å². The van der Waals surface area contributed by atoms with Gasteiger partial charge in [0.05, 0.1) is 12.9 Å². The van der Waals surface area contributed by atoms with Gasteiger partial charge in [0.15, 0.2) is 0 Å². The third-order valence-corrected chi connectivity index (χ3v) is 5.91. The smallest absolute Gasteiger partial charge is 0.242 e. The van der Waals surface area contributed by atoms with Gasteiger partial charge in [-0.1, -0.05) is 63.2 Å². The van der Waals surface area contributed by atoms with Gasteiger partial charge in [0.25, 0.3) is 0 Å². The van der Waals surface area contributed by atoms with Gasteiger partial charge in [-0.3, -0.25) is 9.59 Å². The van der Waals surface area contributed by atoms with Crippen molar-refractivity contribution < 1.29 is 14.3 Å². The third kappa shape index (κ3) is 8.29. The van der Waals surface area contributed by atoms with Gasteiger partial charge in [-0.05, 0) is 35.6 Å². The fourth-order valence-electron chi connectivity index (χ4n) is 3.18. The van der Waals surface area contributed by atoms with Crippen LogP contribution in [0.15, 0.2) is 54.6 Å². The average molecular weight is 443 g/mol. The van der Waals surface area contributed by atoms with Crippen molar-refractivity contribution in [2.24, 2.45) is 5.92 Å². The van der Waals surface area contributed by atoms with E-state index in [4.69, 9.17) is 4.74 Å². The van der Waals surface area contributed by atoms with E-state index in [-0.39, 0.29) is 11.8 Å². The number of hydrogen-bond donors (Lipinski definition) is 1. The van der Waals surface area contributed by atoms with Crippen LogP contribution >= 0.6 is 11.8 Å². The second-order valence-electron chi connectivity index (χ2n) is 7.91. The van der Waals surface area contributed by atoms with Crippen molar-refractivity contribution in [3.63, 3.8) is 0 Å². The van der Waals surface area contributed by atoms with E-state index in [0.717, 1.165) is 17.1 Å². The Labute approximate surface area is 190 Å². The molecule has 0 aliphatic heterocycles. The van der Waals surface area contributed by atoms with Crippen LogP contribution in [0, 0.1) is 5.92 Å². The summed E-state index contributed by atoms with van der Waals surface area (Å²) >= 11 is 1.57. The zero-order valence-electron chi connectivity index (χ0n) is 19.0. The van der Waals surface area contributed by atoms with Gasteiger partial charge in [-0.15, -0.1) is 11.8 Å². The van der Waals surface area contributed by atoms with Crippen molar-refractivity contribution in [1.82, 2.24) is 10.2 Å². The molecule has 0 bridgehead atoms. The van der Waals surface area contributed by atoms with E-state index in [1.807, 2.05) is 49.4 Å². The predicted molar refractivity (Wildman–Crippen MR) is 128 cm³/mol. The van der Waals surface area contributed by atoms with E-state index >= 15 is 0 Å². The molecule has 0 aliphatic rings. The van der Waals surface area contributed by atoms with Crippen LogP contribution < -0.4 is 10.1 Å². The highest BCUT2D eigenvalue weighted by atomic mass is 32.2. The van der Waals surface area contributed by atoms with Gasteiger partial charge in [-0.25, -0.2) is 0 Å². The van der Waals surface area contributed by atoms with E-state index in [1.165, 1.54) is 5.56 Å². The van der Waals surface area contributed by atoms with E-state index < -0.39 is 6.04 Å². The highest BCUT2D eigenvalue weighted by Gasteiger charge is 2.28. The van der Waals surface area contributed by atoms with Gasteiger partial charge in [0.2, 0.25) is 11.8 Å². The molecule has 0 radical (unpaired) electrons. The number of rotatable bonds is 12. The first-order valence-corrected chi connectivity index (χ1v) is 11.9. The van der Waals surface area contributed by atoms with Crippen LogP contribution in [0.25, 0.3) is 0 Å². The Kier molecular flexibility index (Phi) is 10.4. The number of ether oxygens (including phenoxy) is 1. The Hall–Kier alpha value is -2.47. The maximum absolute atomic E-state index is 13.2. The van der Waals surface area contributed by atoms with Gasteiger partial charge in [-0.2, -0.15) is 0 Å². The van der Waals surface area contributed by atoms with Crippen molar-refractivity contribution in [1.29, 1.82) is 0 Å². The van der Waals surface area contributed by atoms with E-state index in [2.05, 4.69) is 31.3 Å². The zero-order chi connectivity index (χ0) is 22.6. The SMILES string of the molecule is CC[C@@H](C(=O)NCC(C)C)N(Cc1ccc(OC)cc1)C(=O)CSCc1ccccc1. The van der Waals surface area contributed by atoms with E-state index in [1.54, 1.807) is 23.8 Å². The minimum Gasteiger partial charge on any atom is -0.497 e. The summed E-state index contributed by atoms with van der Waals surface area (Å²) in [6.07, 6.45) is 0.565. The van der Waals surface area contributed by atoms with Crippen LogP contribution in [0.2, 0.25) is 0 Å². The highest BCUT2D eigenvalue weighted by molar-refractivity contribution is 7.99. The quantitative estimate of drug-likeness (QED) is 0.525. The molecule has 0 unspecified atom stereocenters. The normalized spacial score (nSPS) is 11.8. The molecule has 0 saturated carbocycles. The first-order chi connectivity index (χ1) is 14.9. The molecule has 5 nitrogen and oxygen atoms in total. The van der Waals surface area contributed by atoms with Crippen molar-refractivity contribution >= 4 is 23.6 Å². The van der Waals surface area contributed by atoms with Gasteiger partial charge in [0.1, 0.15) is 11.8 Å². The number of benzene rings is 2. The lowest BCUT2D eigenvalue weighted by molar-refractivity contribution is -0.139. The van der Waals surface area contributed by atoms with Crippen molar-refractivity contribution in [2.45, 2.75) is 45.5 Å². The molecule has 31 heavy (non-hydrogen) atoms. The van der Waals surface area contributed by atoms with Crippen LogP contribution in [0.4, 0.5) is 0 Å². The first kappa shape index (κ1) is 24.8. The van der Waals surface area contributed by atoms with Crippen LogP contribution in [0.5, 0.6) is 5.75 Å². The molecule has 1 atom stereocenters. The summed E-state index contributed by atoms with van der Waals surface area (Å²) < 4.78 is 5.23. The largest absolute Gasteiger partial charge is 0.497 e. The lowest BCUT2D eigenvalue weighted by Gasteiger charge is -2.31. The molecular weight excluding hydrogens is 408 g/mol. The molecular formula is C25H34N2O3S. The lowest BCUT2D eigenvalue weighted by atomic mass is 10.1. The first-order valence-electron chi connectivity index (χ1n) is 10.8. The summed E-state index contributed by atoms with van der Waals surface area (Å²) in [5.41, 5.74) is 2.15. The number of thioether (sulfide) groups is 1. The number of carbonyl (C=O) groups is 2. The molecule has 6 heteroatoms. The Morgan fingerprint density at radius 1 is 1.03 bits per heavy atom. The molecule has 2 aromatic rings. The summed E-state index contributed by atoms with van der Waals surface area (Å²) in [6, 6.07) is 17.2. The molecule has 0 aromatic heterocycles. The molecule has 168 valence electrons. The van der Waals surface area contributed by atoms with Crippen molar-refractivity contribution in [3.05, 3.63) is 65.7 Å². The zero-order valence-corrected chi connectivity index (χ0v) is 19.8. The fourth-order valence-corrected chi connectivity index (χ4v) is 4.05. The highest BCUT2D eigenvalue weighted by Crippen LogP contribution is 2.19. The summed E-state index contributed by atoms with van der Waals surface area (Å²) in [5, 5.41) is 2.99. The second-order valence-corrected chi connectivity index (χ2v) is 8.90. The molecule has 2 aromatic carbocycles. The summed E-state index contributed by atoms with van der Waals surface area (Å²) in [6.45, 7) is 7.06. The Balaban J connectivity index is 2.11. The maximum atomic E-state index is 13.2. The number of hydrogen-bond acceptors (Lipinski definition) is 4. The van der Waals surface area contributed by atoms with Crippen LogP contribution in [0.1, 0.15) is 38.3 Å². The number of carbonyl (C=O) groups excluding carboxylic acids is 2. The van der Waals surface area contributed by atoms with Crippen LogP contribution in [-0.2, 0) is 21.9 Å². The Morgan fingerprint density at radius 2 is 1.71 bits per heavy atom. The molecule has 2 rings (SSSR count). The minimum atomic E-state index is -0.495. The summed E-state index contributed by atoms with van der Waals surface area (Å²) in [4.78, 5) is 27.8. The summed E-state index contributed by atoms with van der Waals surface area (Å²) in [5.74, 6) is 2.10. The topological polar surface area (TPSA) is 58.6 Å². The van der Waals surface area contributed by atoms with Gasteiger partial charge >= 0.3 is 0 Å². The average Bonchev–Trinajstić information content (AvgIpc) is 2.78. The molecule has 0 fully saturated rings.